The van der Waals surface area contributed by atoms with Gasteiger partial charge in [-0.1, -0.05) is 50.3 Å². The standard InChI is InChI=1S/C29H35N5O2/c1-29(2,3)27-19-34(33-32-27)15-12-23(20-13-16-36-17-14-20)22-8-10-25(26(35)18-22)31-28-11-9-21-6-4-5-7-24(21)30-28/h4-11,18-20,23,35H,12-17H2,1-3H3,(H,30,31). The lowest BCUT2D eigenvalue weighted by atomic mass is 9.79. The molecule has 0 saturated carbocycles. The largest absolute Gasteiger partial charge is 0.506 e. The Morgan fingerprint density at radius 2 is 1.89 bits per heavy atom. The van der Waals surface area contributed by atoms with E-state index in [1.807, 2.05) is 53.2 Å². The van der Waals surface area contributed by atoms with Crippen LogP contribution in [0.1, 0.15) is 57.2 Å². The number of nitrogens with zero attached hydrogens (tertiary/aromatic N) is 4. The number of ether oxygens (including phenoxy) is 1. The molecule has 7 heteroatoms. The highest BCUT2D eigenvalue weighted by Gasteiger charge is 2.27. The number of aryl methyl sites for hydroxylation is 1. The number of para-hydroxylation sites is 1. The topological polar surface area (TPSA) is 85.1 Å². The molecule has 0 bridgehead atoms. The van der Waals surface area contributed by atoms with Gasteiger partial charge in [-0.25, -0.2) is 4.98 Å². The highest BCUT2D eigenvalue weighted by molar-refractivity contribution is 5.81. The Balaban J connectivity index is 1.35. The summed E-state index contributed by atoms with van der Waals surface area (Å²) in [5.74, 6) is 1.74. The summed E-state index contributed by atoms with van der Waals surface area (Å²) < 4.78 is 7.59. The minimum Gasteiger partial charge on any atom is -0.506 e. The Kier molecular flexibility index (Phi) is 6.92. The molecule has 2 aromatic heterocycles. The molecule has 1 unspecified atom stereocenters. The Morgan fingerprint density at radius 3 is 2.64 bits per heavy atom. The summed E-state index contributed by atoms with van der Waals surface area (Å²) in [4.78, 5) is 4.67. The van der Waals surface area contributed by atoms with Crippen LogP contribution in [0.25, 0.3) is 10.9 Å². The summed E-state index contributed by atoms with van der Waals surface area (Å²) in [6, 6.07) is 18.0. The van der Waals surface area contributed by atoms with Crippen LogP contribution in [-0.2, 0) is 16.7 Å². The molecule has 3 heterocycles. The first-order valence-electron chi connectivity index (χ1n) is 12.8. The second kappa shape index (κ2) is 10.3. The van der Waals surface area contributed by atoms with Crippen LogP contribution in [-0.4, -0.2) is 38.3 Å². The van der Waals surface area contributed by atoms with Crippen LogP contribution in [0.2, 0.25) is 0 Å². The number of aromatic nitrogens is 4. The van der Waals surface area contributed by atoms with E-state index in [4.69, 9.17) is 4.74 Å². The molecule has 36 heavy (non-hydrogen) atoms. The number of phenolic OH excluding ortho intramolecular Hbond substituents is 1. The Bertz CT molecular complexity index is 1320. The Hall–Kier alpha value is -3.45. The van der Waals surface area contributed by atoms with Gasteiger partial charge in [-0.05, 0) is 67.0 Å². The molecule has 4 aromatic rings. The van der Waals surface area contributed by atoms with E-state index in [1.54, 1.807) is 0 Å². The first-order chi connectivity index (χ1) is 17.4. The molecule has 188 valence electrons. The van der Waals surface area contributed by atoms with Gasteiger partial charge in [0.2, 0.25) is 0 Å². The molecule has 7 nitrogen and oxygen atoms in total. The van der Waals surface area contributed by atoms with Gasteiger partial charge in [0, 0.05) is 36.8 Å². The number of pyridine rings is 1. The maximum atomic E-state index is 10.9. The SMILES string of the molecule is CC(C)(C)c1cn(CCC(c2ccc(Nc3ccc4ccccc4n3)c(O)c2)C2CCOCC2)nn1. The molecule has 1 aliphatic rings. The van der Waals surface area contributed by atoms with E-state index in [9.17, 15) is 5.11 Å². The number of hydrogen-bond donors (Lipinski definition) is 2. The fourth-order valence-electron chi connectivity index (χ4n) is 4.97. The molecular weight excluding hydrogens is 450 g/mol. The van der Waals surface area contributed by atoms with Gasteiger partial charge in [0.25, 0.3) is 0 Å². The summed E-state index contributed by atoms with van der Waals surface area (Å²) in [5, 5.41) is 24.1. The summed E-state index contributed by atoms with van der Waals surface area (Å²) in [6.07, 6.45) is 5.03. The predicted octanol–water partition coefficient (Wildman–Crippen LogP) is 6.17. The van der Waals surface area contributed by atoms with Crippen molar-refractivity contribution >= 4 is 22.4 Å². The number of fused-ring (bicyclic) bond motifs is 1. The molecule has 0 aliphatic carbocycles. The van der Waals surface area contributed by atoms with Crippen LogP contribution in [0, 0.1) is 5.92 Å². The zero-order valence-corrected chi connectivity index (χ0v) is 21.3. The summed E-state index contributed by atoms with van der Waals surface area (Å²) in [5.41, 5.74) is 3.69. The van der Waals surface area contributed by atoms with Gasteiger partial charge < -0.3 is 15.2 Å². The van der Waals surface area contributed by atoms with Crippen LogP contribution < -0.4 is 5.32 Å². The van der Waals surface area contributed by atoms with Crippen molar-refractivity contribution in [3.8, 4) is 5.75 Å². The van der Waals surface area contributed by atoms with Gasteiger partial charge >= 0.3 is 0 Å². The fraction of sp³-hybridized carbons (Fsp3) is 0.414. The Morgan fingerprint density at radius 1 is 1.08 bits per heavy atom. The minimum absolute atomic E-state index is 0.0210. The molecule has 2 aromatic carbocycles. The second-order valence-electron chi connectivity index (χ2n) is 10.8. The lowest BCUT2D eigenvalue weighted by molar-refractivity contribution is 0.0561. The predicted molar refractivity (Wildman–Crippen MR) is 143 cm³/mol. The molecule has 0 spiro atoms. The molecule has 5 rings (SSSR count). The van der Waals surface area contributed by atoms with E-state index in [0.29, 0.717) is 23.3 Å². The first-order valence-corrected chi connectivity index (χ1v) is 12.8. The molecule has 1 fully saturated rings. The van der Waals surface area contributed by atoms with Crippen LogP contribution in [0.4, 0.5) is 11.5 Å². The number of aromatic hydroxyl groups is 1. The molecule has 1 atom stereocenters. The third-order valence-electron chi connectivity index (χ3n) is 7.12. The molecule has 0 radical (unpaired) electrons. The number of benzene rings is 2. The molecule has 1 saturated heterocycles. The molecule has 2 N–H and O–H groups in total. The van der Waals surface area contributed by atoms with Crippen molar-refractivity contribution in [3.05, 3.63) is 72.1 Å². The lowest BCUT2D eigenvalue weighted by Gasteiger charge is -2.31. The fourth-order valence-corrected chi connectivity index (χ4v) is 4.97. The highest BCUT2D eigenvalue weighted by atomic mass is 16.5. The number of nitrogens with one attached hydrogen (secondary N) is 1. The van der Waals surface area contributed by atoms with Crippen LogP contribution in [0.5, 0.6) is 5.75 Å². The molecule has 0 amide bonds. The zero-order chi connectivity index (χ0) is 25.1. The van der Waals surface area contributed by atoms with Crippen molar-refractivity contribution in [1.29, 1.82) is 0 Å². The maximum absolute atomic E-state index is 10.9. The third-order valence-corrected chi connectivity index (χ3v) is 7.12. The van der Waals surface area contributed by atoms with Crippen molar-refractivity contribution < 1.29 is 9.84 Å². The van der Waals surface area contributed by atoms with Crippen LogP contribution in [0.3, 0.4) is 0 Å². The van der Waals surface area contributed by atoms with Crippen molar-refractivity contribution in [2.45, 2.75) is 57.9 Å². The normalized spacial score (nSPS) is 15.8. The first kappa shape index (κ1) is 24.3. The second-order valence-corrected chi connectivity index (χ2v) is 10.8. The van der Waals surface area contributed by atoms with Gasteiger partial charge in [0.1, 0.15) is 11.6 Å². The summed E-state index contributed by atoms with van der Waals surface area (Å²) in [7, 11) is 0. The van der Waals surface area contributed by atoms with Gasteiger partial charge in [0.05, 0.1) is 16.9 Å². The number of hydrogen-bond acceptors (Lipinski definition) is 6. The van der Waals surface area contributed by atoms with E-state index in [2.05, 4.69) is 53.6 Å². The number of rotatable bonds is 7. The van der Waals surface area contributed by atoms with Gasteiger partial charge in [-0.3, -0.25) is 4.68 Å². The lowest BCUT2D eigenvalue weighted by Crippen LogP contribution is -2.23. The maximum Gasteiger partial charge on any atom is 0.139 e. The smallest absolute Gasteiger partial charge is 0.139 e. The highest BCUT2D eigenvalue weighted by Crippen LogP contribution is 2.38. The van der Waals surface area contributed by atoms with Crippen molar-refractivity contribution in [3.63, 3.8) is 0 Å². The van der Waals surface area contributed by atoms with Crippen molar-refractivity contribution in [2.75, 3.05) is 18.5 Å². The average molecular weight is 486 g/mol. The van der Waals surface area contributed by atoms with E-state index in [1.165, 1.54) is 0 Å². The Labute approximate surface area is 212 Å². The van der Waals surface area contributed by atoms with Gasteiger partial charge in [-0.2, -0.15) is 0 Å². The third kappa shape index (κ3) is 5.51. The monoisotopic (exact) mass is 485 g/mol. The molecular formula is C29H35N5O2. The van der Waals surface area contributed by atoms with E-state index >= 15 is 0 Å². The quantitative estimate of drug-likeness (QED) is 0.304. The average Bonchev–Trinajstić information content (AvgIpc) is 3.36. The molecule has 1 aliphatic heterocycles. The summed E-state index contributed by atoms with van der Waals surface area (Å²) >= 11 is 0. The zero-order valence-electron chi connectivity index (χ0n) is 21.3. The van der Waals surface area contributed by atoms with E-state index in [0.717, 1.165) is 61.2 Å². The van der Waals surface area contributed by atoms with E-state index in [-0.39, 0.29) is 11.2 Å². The van der Waals surface area contributed by atoms with Crippen molar-refractivity contribution in [2.24, 2.45) is 5.92 Å². The van der Waals surface area contributed by atoms with Crippen LogP contribution >= 0.6 is 0 Å². The van der Waals surface area contributed by atoms with Gasteiger partial charge in [-0.15, -0.1) is 5.10 Å². The van der Waals surface area contributed by atoms with E-state index < -0.39 is 0 Å². The number of anilines is 2. The van der Waals surface area contributed by atoms with Gasteiger partial charge in [0.15, 0.2) is 0 Å². The minimum atomic E-state index is -0.0210. The number of phenols is 1. The van der Waals surface area contributed by atoms with Crippen molar-refractivity contribution in [1.82, 2.24) is 20.0 Å². The summed E-state index contributed by atoms with van der Waals surface area (Å²) in [6.45, 7) is 8.82. The van der Waals surface area contributed by atoms with Crippen LogP contribution in [0.15, 0.2) is 60.8 Å².